The maximum Gasteiger partial charge on any atom is 0.358 e. The van der Waals surface area contributed by atoms with E-state index in [0.29, 0.717) is 40.4 Å². The number of hydrogen-bond acceptors (Lipinski definition) is 5. The van der Waals surface area contributed by atoms with E-state index in [1.54, 1.807) is 12.1 Å². The minimum absolute atomic E-state index is 0.167. The van der Waals surface area contributed by atoms with Crippen LogP contribution < -0.4 is 9.47 Å². The summed E-state index contributed by atoms with van der Waals surface area (Å²) >= 11 is 6.25. The molecule has 1 fully saturated rings. The molecule has 0 saturated heterocycles. The highest BCUT2D eigenvalue weighted by atomic mass is 35.5. The van der Waals surface area contributed by atoms with Crippen molar-refractivity contribution < 1.29 is 23.9 Å². The molecule has 1 aliphatic rings. The second-order valence-corrected chi connectivity index (χ2v) is 5.53. The van der Waals surface area contributed by atoms with Gasteiger partial charge in [-0.25, -0.2) is 4.79 Å². The zero-order chi connectivity index (χ0) is 15.7. The fraction of sp³-hybridized carbons (Fsp3) is 0.333. The van der Waals surface area contributed by atoms with Gasteiger partial charge in [-0.2, -0.15) is 0 Å². The van der Waals surface area contributed by atoms with Gasteiger partial charge in [0.05, 0.1) is 18.7 Å². The summed E-state index contributed by atoms with van der Waals surface area (Å²) in [6.45, 7) is 0.612. The Labute approximate surface area is 131 Å². The van der Waals surface area contributed by atoms with Gasteiger partial charge in [0.1, 0.15) is 0 Å². The minimum Gasteiger partial charge on any atom is -0.493 e. The average Bonchev–Trinajstić information content (AvgIpc) is 3.18. The number of carboxylic acid groups (broad SMARTS) is 1. The summed E-state index contributed by atoms with van der Waals surface area (Å²) in [5, 5.41) is 12.7. The predicted molar refractivity (Wildman–Crippen MR) is 78.7 cm³/mol. The maximum atomic E-state index is 10.9. The highest BCUT2D eigenvalue weighted by Gasteiger charge is 2.24. The summed E-state index contributed by atoms with van der Waals surface area (Å²) in [4.78, 5) is 10.9. The lowest BCUT2D eigenvalue weighted by Crippen LogP contribution is -2.01. The van der Waals surface area contributed by atoms with Gasteiger partial charge < -0.3 is 19.1 Å². The fourth-order valence-corrected chi connectivity index (χ4v) is 2.27. The van der Waals surface area contributed by atoms with E-state index in [2.05, 4.69) is 5.16 Å². The maximum absolute atomic E-state index is 10.9. The first-order valence-electron chi connectivity index (χ1n) is 6.79. The number of nitrogens with zero attached hydrogens (tertiary/aromatic N) is 1. The molecule has 0 aliphatic heterocycles. The van der Waals surface area contributed by atoms with Gasteiger partial charge in [0.2, 0.25) is 0 Å². The molecule has 0 atom stereocenters. The molecule has 116 valence electrons. The first kappa shape index (κ1) is 14.7. The quantitative estimate of drug-likeness (QED) is 0.876. The van der Waals surface area contributed by atoms with Gasteiger partial charge in [-0.3, -0.25) is 0 Å². The topological polar surface area (TPSA) is 81.8 Å². The van der Waals surface area contributed by atoms with Crippen LogP contribution in [0.2, 0.25) is 5.02 Å². The molecule has 0 unspecified atom stereocenters. The molecule has 0 bridgehead atoms. The van der Waals surface area contributed by atoms with Crippen LogP contribution in [0.15, 0.2) is 22.7 Å². The molecule has 1 aromatic heterocycles. The standard InChI is InChI=1S/C15H14ClNO5/c1-20-13-5-9(12-6-11(15(18)19)17-22-12)4-10(16)14(13)21-7-8-2-3-8/h4-6,8H,2-3,7H2,1H3,(H,18,19). The van der Waals surface area contributed by atoms with Crippen molar-refractivity contribution >= 4 is 17.6 Å². The third kappa shape index (κ3) is 3.01. The molecule has 0 amide bonds. The zero-order valence-electron chi connectivity index (χ0n) is 11.8. The Bertz CT molecular complexity index is 708. The molecular formula is C15H14ClNO5. The van der Waals surface area contributed by atoms with Crippen LogP contribution in [0, 0.1) is 5.92 Å². The van der Waals surface area contributed by atoms with Crippen LogP contribution in [0.5, 0.6) is 11.5 Å². The highest BCUT2D eigenvalue weighted by molar-refractivity contribution is 6.32. The van der Waals surface area contributed by atoms with Gasteiger partial charge in [0.15, 0.2) is 23.0 Å². The van der Waals surface area contributed by atoms with Crippen molar-refractivity contribution in [2.24, 2.45) is 5.92 Å². The molecule has 1 aliphatic carbocycles. The molecule has 1 aromatic carbocycles. The molecule has 6 nitrogen and oxygen atoms in total. The van der Waals surface area contributed by atoms with E-state index >= 15 is 0 Å². The van der Waals surface area contributed by atoms with Gasteiger partial charge in [0, 0.05) is 11.6 Å². The molecule has 1 N–H and O–H groups in total. The van der Waals surface area contributed by atoms with Crippen LogP contribution >= 0.6 is 11.6 Å². The molecule has 7 heteroatoms. The Hall–Kier alpha value is -2.21. The molecule has 0 radical (unpaired) electrons. The van der Waals surface area contributed by atoms with E-state index in [9.17, 15) is 4.79 Å². The van der Waals surface area contributed by atoms with Crippen molar-refractivity contribution in [3.8, 4) is 22.8 Å². The molecule has 3 rings (SSSR count). The van der Waals surface area contributed by atoms with Crippen molar-refractivity contribution in [1.29, 1.82) is 0 Å². The number of aromatic carboxylic acids is 1. The highest BCUT2D eigenvalue weighted by Crippen LogP contribution is 2.41. The average molecular weight is 324 g/mol. The number of halogens is 1. The lowest BCUT2D eigenvalue weighted by molar-refractivity contribution is 0.0686. The van der Waals surface area contributed by atoms with E-state index in [-0.39, 0.29) is 5.69 Å². The van der Waals surface area contributed by atoms with Gasteiger partial charge in [-0.1, -0.05) is 16.8 Å². The summed E-state index contributed by atoms with van der Waals surface area (Å²) in [7, 11) is 1.52. The monoisotopic (exact) mass is 323 g/mol. The van der Waals surface area contributed by atoms with Crippen molar-refractivity contribution in [2.45, 2.75) is 12.8 Å². The number of ether oxygens (including phenoxy) is 2. The number of benzene rings is 1. The second-order valence-electron chi connectivity index (χ2n) is 5.13. The summed E-state index contributed by atoms with van der Waals surface area (Å²) in [6, 6.07) is 4.65. The molecule has 1 saturated carbocycles. The minimum atomic E-state index is -1.16. The number of methoxy groups -OCH3 is 1. The SMILES string of the molecule is COc1cc(-c2cc(C(=O)O)no2)cc(Cl)c1OCC1CC1. The van der Waals surface area contributed by atoms with Crippen LogP contribution in [0.25, 0.3) is 11.3 Å². The van der Waals surface area contributed by atoms with Crippen LogP contribution in [-0.2, 0) is 0 Å². The Morgan fingerprint density at radius 2 is 2.23 bits per heavy atom. The van der Waals surface area contributed by atoms with Gasteiger partial charge in [-0.05, 0) is 30.9 Å². The Morgan fingerprint density at radius 3 is 2.82 bits per heavy atom. The molecule has 22 heavy (non-hydrogen) atoms. The van der Waals surface area contributed by atoms with Crippen molar-refractivity contribution in [3.05, 3.63) is 28.9 Å². The molecular weight excluding hydrogens is 310 g/mol. The second kappa shape index (κ2) is 5.88. The van der Waals surface area contributed by atoms with Crippen molar-refractivity contribution in [1.82, 2.24) is 5.16 Å². The van der Waals surface area contributed by atoms with Crippen molar-refractivity contribution in [3.63, 3.8) is 0 Å². The first-order chi connectivity index (χ1) is 10.6. The number of rotatable bonds is 6. The Balaban J connectivity index is 1.91. The number of aromatic nitrogens is 1. The summed E-state index contributed by atoms with van der Waals surface area (Å²) in [5.41, 5.74) is 0.403. The van der Waals surface area contributed by atoms with E-state index in [1.807, 2.05) is 0 Å². The van der Waals surface area contributed by atoms with E-state index in [0.717, 1.165) is 0 Å². The van der Waals surface area contributed by atoms with Crippen LogP contribution in [-0.4, -0.2) is 29.9 Å². The zero-order valence-corrected chi connectivity index (χ0v) is 12.6. The molecule has 2 aromatic rings. The summed E-state index contributed by atoms with van der Waals surface area (Å²) in [6.07, 6.45) is 2.35. The number of hydrogen-bond donors (Lipinski definition) is 1. The smallest absolute Gasteiger partial charge is 0.358 e. The van der Waals surface area contributed by atoms with Crippen LogP contribution in [0.1, 0.15) is 23.3 Å². The van der Waals surface area contributed by atoms with E-state index in [4.69, 9.17) is 30.7 Å². The van der Waals surface area contributed by atoms with Gasteiger partial charge in [-0.15, -0.1) is 0 Å². The summed E-state index contributed by atoms with van der Waals surface area (Å²) in [5.74, 6) is 0.686. The molecule has 1 heterocycles. The largest absolute Gasteiger partial charge is 0.493 e. The number of carbonyl (C=O) groups is 1. The van der Waals surface area contributed by atoms with Crippen molar-refractivity contribution in [2.75, 3.05) is 13.7 Å². The summed E-state index contributed by atoms with van der Waals surface area (Å²) < 4.78 is 16.1. The van der Waals surface area contributed by atoms with Gasteiger partial charge >= 0.3 is 5.97 Å². The first-order valence-corrected chi connectivity index (χ1v) is 7.17. The normalized spacial score (nSPS) is 13.9. The fourth-order valence-electron chi connectivity index (χ4n) is 2.00. The van der Waals surface area contributed by atoms with E-state index < -0.39 is 5.97 Å². The van der Waals surface area contributed by atoms with Crippen LogP contribution in [0.4, 0.5) is 0 Å². The third-order valence-electron chi connectivity index (χ3n) is 3.40. The van der Waals surface area contributed by atoms with E-state index in [1.165, 1.54) is 26.0 Å². The Morgan fingerprint density at radius 1 is 1.45 bits per heavy atom. The third-order valence-corrected chi connectivity index (χ3v) is 3.68. The Kier molecular flexibility index (Phi) is 3.94. The lowest BCUT2D eigenvalue weighted by atomic mass is 10.1. The number of carboxylic acids is 1. The van der Waals surface area contributed by atoms with Crippen LogP contribution in [0.3, 0.4) is 0 Å². The molecule has 0 spiro atoms. The lowest BCUT2D eigenvalue weighted by Gasteiger charge is -2.13. The predicted octanol–water partition coefficient (Wildman–Crippen LogP) is 3.49. The van der Waals surface area contributed by atoms with Gasteiger partial charge in [0.25, 0.3) is 0 Å².